The molecule has 0 bridgehead atoms. The number of hydrogen-bond donors (Lipinski definition) is 5. The zero-order valence-electron chi connectivity index (χ0n) is 28.1. The summed E-state index contributed by atoms with van der Waals surface area (Å²) >= 11 is 0. The molecule has 6 aliphatic rings. The predicted octanol–water partition coefficient (Wildman–Crippen LogP) is 2.65. The number of halogens is 1. The van der Waals surface area contributed by atoms with Crippen molar-refractivity contribution in [1.29, 1.82) is 0 Å². The van der Waals surface area contributed by atoms with Crippen LogP contribution < -0.4 is 27.1 Å². The van der Waals surface area contributed by atoms with E-state index in [4.69, 9.17) is 5.73 Å². The Kier molecular flexibility index (Phi) is 12.0. The fraction of sp³-hybridized carbons (Fsp3) is 0.971. The molecule has 6 N–H and O–H groups in total. The normalized spacial score (nSPS) is 40.0. The highest BCUT2D eigenvalue weighted by molar-refractivity contribution is 7.91. The van der Waals surface area contributed by atoms with Crippen molar-refractivity contribution < 1.29 is 17.6 Å². The number of amides is 1. The van der Waals surface area contributed by atoms with Crippen LogP contribution in [-0.2, 0) is 14.6 Å². The summed E-state index contributed by atoms with van der Waals surface area (Å²) in [7, 11) is -3.04. The molecule has 0 aromatic carbocycles. The Hall–Kier alpha value is -0.890. The molecule has 10 nitrogen and oxygen atoms in total. The minimum absolute atomic E-state index is 0.0684. The van der Waals surface area contributed by atoms with E-state index >= 15 is 0 Å². The maximum atomic E-state index is 14.8. The molecule has 0 aromatic rings. The van der Waals surface area contributed by atoms with Gasteiger partial charge in [0.05, 0.1) is 23.7 Å². The molecule has 2 saturated carbocycles. The van der Waals surface area contributed by atoms with Crippen molar-refractivity contribution in [3.8, 4) is 0 Å². The van der Waals surface area contributed by atoms with Gasteiger partial charge in [0.1, 0.15) is 17.8 Å². The van der Waals surface area contributed by atoms with Gasteiger partial charge in [0.2, 0.25) is 5.91 Å². The Bertz CT molecular complexity index is 1080. The molecule has 0 radical (unpaired) electrons. The molecule has 264 valence electrons. The Balaban J connectivity index is 1.26. The standard InChI is InChI=1S/C34H62FN7O3S/c35-27-21-38-34(26-15-11-7-8-12-16-26)30(32(36)40-42(34)24-27)33(43)39-29-23-37-22-28(31(29)41-17-19-46(44,45)20-18-41)25-13-9-5-3-1-2-4-6-10-14-25/h25-32,37-38,40H,1-24,36H2,(H,39,43). The van der Waals surface area contributed by atoms with Crippen molar-refractivity contribution in [2.45, 2.75) is 133 Å². The number of nitrogens with zero attached hydrogens (tertiary/aromatic N) is 2. The largest absolute Gasteiger partial charge is 0.350 e. The number of carbonyl (C=O) groups excluding carboxylic acids is 1. The topological polar surface area (TPSA) is 132 Å². The number of nitrogens with one attached hydrogen (secondary N) is 4. The molecule has 2 aliphatic carbocycles. The highest BCUT2D eigenvalue weighted by atomic mass is 32.2. The number of hydrogen-bond acceptors (Lipinski definition) is 9. The maximum Gasteiger partial charge on any atom is 0.229 e. The number of hydrazine groups is 1. The average Bonchev–Trinajstić information content (AvgIpc) is 3.18. The van der Waals surface area contributed by atoms with Gasteiger partial charge in [0.15, 0.2) is 9.84 Å². The second-order valence-electron chi connectivity index (χ2n) is 15.5. The van der Waals surface area contributed by atoms with Crippen molar-refractivity contribution in [2.75, 3.05) is 50.8 Å². The molecule has 7 unspecified atom stereocenters. The minimum Gasteiger partial charge on any atom is -0.350 e. The number of fused-ring (bicyclic) bond motifs is 1. The van der Waals surface area contributed by atoms with Crippen molar-refractivity contribution in [3.05, 3.63) is 0 Å². The Morgan fingerprint density at radius 2 is 1.41 bits per heavy atom. The van der Waals surface area contributed by atoms with Gasteiger partial charge in [-0.2, -0.15) is 0 Å². The van der Waals surface area contributed by atoms with Crippen LogP contribution in [0.2, 0.25) is 0 Å². The zero-order valence-corrected chi connectivity index (χ0v) is 28.9. The van der Waals surface area contributed by atoms with Crippen molar-refractivity contribution in [3.63, 3.8) is 0 Å². The predicted molar refractivity (Wildman–Crippen MR) is 180 cm³/mol. The summed E-state index contributed by atoms with van der Waals surface area (Å²) in [5.41, 5.74) is 9.40. The van der Waals surface area contributed by atoms with Crippen molar-refractivity contribution >= 4 is 15.7 Å². The lowest BCUT2D eigenvalue weighted by Crippen LogP contribution is -2.73. The fourth-order valence-electron chi connectivity index (χ4n) is 10.2. The molecule has 46 heavy (non-hydrogen) atoms. The second-order valence-corrected chi connectivity index (χ2v) is 17.8. The molecule has 1 amide bonds. The van der Waals surface area contributed by atoms with Crippen LogP contribution in [0, 0.1) is 23.7 Å². The SMILES string of the molecule is NC1NN2CC(F)CNC2(C2CCCCCC2)C1C(=O)NC1CNCC(C2CCCCCCCCCC2)C1N1CCS(=O)(=O)CC1. The summed E-state index contributed by atoms with van der Waals surface area (Å²) in [6.45, 7) is 3.04. The molecule has 6 fully saturated rings. The van der Waals surface area contributed by atoms with E-state index in [9.17, 15) is 17.6 Å². The summed E-state index contributed by atoms with van der Waals surface area (Å²) in [5, 5.41) is 12.8. The Morgan fingerprint density at radius 3 is 2.04 bits per heavy atom. The first-order chi connectivity index (χ1) is 22.3. The van der Waals surface area contributed by atoms with E-state index in [0.29, 0.717) is 31.5 Å². The first-order valence-electron chi connectivity index (χ1n) is 18.9. The molecule has 6 rings (SSSR count). The number of rotatable bonds is 5. The van der Waals surface area contributed by atoms with Gasteiger partial charge in [0, 0.05) is 38.8 Å². The van der Waals surface area contributed by atoms with Gasteiger partial charge in [-0.3, -0.25) is 15.0 Å². The number of alkyl halides is 1. The van der Waals surface area contributed by atoms with Gasteiger partial charge in [0.25, 0.3) is 0 Å². The summed E-state index contributed by atoms with van der Waals surface area (Å²) < 4.78 is 39.8. The third-order valence-electron chi connectivity index (χ3n) is 12.6. The molecule has 0 spiro atoms. The van der Waals surface area contributed by atoms with E-state index in [1.165, 1.54) is 77.0 Å². The third-order valence-corrected chi connectivity index (χ3v) is 14.2. The molecule has 0 aromatic heterocycles. The van der Waals surface area contributed by atoms with Gasteiger partial charge in [-0.1, -0.05) is 89.9 Å². The summed E-state index contributed by atoms with van der Waals surface area (Å²) in [4.78, 5) is 17.1. The quantitative estimate of drug-likeness (QED) is 0.281. The van der Waals surface area contributed by atoms with Gasteiger partial charge in [-0.15, -0.1) is 0 Å². The van der Waals surface area contributed by atoms with Crippen LogP contribution in [-0.4, -0.2) is 105 Å². The monoisotopic (exact) mass is 667 g/mol. The Morgan fingerprint density at radius 1 is 0.826 bits per heavy atom. The van der Waals surface area contributed by atoms with E-state index in [-0.39, 0.29) is 48.5 Å². The van der Waals surface area contributed by atoms with Crippen LogP contribution in [0.3, 0.4) is 0 Å². The zero-order chi connectivity index (χ0) is 32.1. The Labute approximate surface area is 277 Å². The lowest BCUT2D eigenvalue weighted by atomic mass is 9.73. The highest BCUT2D eigenvalue weighted by Crippen LogP contribution is 2.44. The van der Waals surface area contributed by atoms with E-state index in [0.717, 1.165) is 32.2 Å². The van der Waals surface area contributed by atoms with Crippen LogP contribution in [0.15, 0.2) is 0 Å². The smallest absolute Gasteiger partial charge is 0.229 e. The second kappa shape index (κ2) is 15.8. The van der Waals surface area contributed by atoms with Gasteiger partial charge < -0.3 is 16.4 Å². The molecule has 12 heteroatoms. The summed E-state index contributed by atoms with van der Waals surface area (Å²) in [6.07, 6.45) is 17.7. The fourth-order valence-corrected chi connectivity index (χ4v) is 11.5. The van der Waals surface area contributed by atoms with Crippen LogP contribution >= 0.6 is 0 Å². The summed E-state index contributed by atoms with van der Waals surface area (Å²) in [6, 6.07) is -0.0870. The third kappa shape index (κ3) is 7.78. The first-order valence-corrected chi connectivity index (χ1v) is 20.7. The van der Waals surface area contributed by atoms with Crippen LogP contribution in [0.1, 0.15) is 103 Å². The average molecular weight is 668 g/mol. The van der Waals surface area contributed by atoms with Crippen LogP contribution in [0.4, 0.5) is 4.39 Å². The van der Waals surface area contributed by atoms with Crippen molar-refractivity contribution in [2.24, 2.45) is 29.4 Å². The molecule has 4 saturated heterocycles. The lowest BCUT2D eigenvalue weighted by Gasteiger charge is -2.52. The molecular weight excluding hydrogens is 605 g/mol. The number of sulfone groups is 1. The van der Waals surface area contributed by atoms with E-state index < -0.39 is 33.8 Å². The van der Waals surface area contributed by atoms with Crippen LogP contribution in [0.5, 0.6) is 0 Å². The molecular formula is C34H62FN7O3S. The highest BCUT2D eigenvalue weighted by Gasteiger charge is 2.62. The van der Waals surface area contributed by atoms with Crippen LogP contribution in [0.25, 0.3) is 0 Å². The minimum atomic E-state index is -3.04. The number of piperidine rings is 1. The van der Waals surface area contributed by atoms with E-state index in [1.807, 2.05) is 5.01 Å². The molecule has 4 heterocycles. The van der Waals surface area contributed by atoms with Gasteiger partial charge >= 0.3 is 0 Å². The lowest BCUT2D eigenvalue weighted by molar-refractivity contribution is -0.136. The van der Waals surface area contributed by atoms with E-state index in [1.54, 1.807) is 0 Å². The molecule has 4 aliphatic heterocycles. The van der Waals surface area contributed by atoms with E-state index in [2.05, 4.69) is 26.3 Å². The van der Waals surface area contributed by atoms with Gasteiger partial charge in [-0.05, 0) is 37.1 Å². The molecule has 7 atom stereocenters. The number of carbonyl (C=O) groups is 1. The van der Waals surface area contributed by atoms with Gasteiger partial charge in [-0.25, -0.2) is 23.2 Å². The maximum absolute atomic E-state index is 14.8. The summed E-state index contributed by atoms with van der Waals surface area (Å²) in [5.74, 6) is 0.805. The van der Waals surface area contributed by atoms with Crippen molar-refractivity contribution in [1.82, 2.24) is 31.3 Å². The number of nitrogens with two attached hydrogens (primary N) is 1. The first kappa shape index (κ1) is 35.0.